The standard InChI is InChI=1S/C22H28BrN3O/c1-5-25(6-2)21(27)14-11-17-15-9-8-10-18-19(15)16(20(23)24-18)12-22(17,4)26(7-3)13-14/h8-11,14,24H,5-7,12-13H2,1-4H3/t14-,22-/m1/s1. The fourth-order valence-electron chi connectivity index (χ4n) is 5.05. The van der Waals surface area contributed by atoms with E-state index in [1.165, 1.54) is 22.1 Å². The Morgan fingerprint density at radius 1 is 1.33 bits per heavy atom. The Bertz CT molecular complexity index is 927. The van der Waals surface area contributed by atoms with Crippen molar-refractivity contribution < 1.29 is 4.79 Å². The maximum atomic E-state index is 13.1. The van der Waals surface area contributed by atoms with E-state index < -0.39 is 0 Å². The first kappa shape index (κ1) is 18.8. The van der Waals surface area contributed by atoms with Gasteiger partial charge in [-0.1, -0.05) is 25.1 Å². The number of fused-ring (bicyclic) bond motifs is 2. The lowest BCUT2D eigenvalue weighted by atomic mass is 9.71. The van der Waals surface area contributed by atoms with Crippen LogP contribution in [0.5, 0.6) is 0 Å². The van der Waals surface area contributed by atoms with Crippen LogP contribution in [-0.4, -0.2) is 52.4 Å². The molecule has 1 aliphatic carbocycles. The van der Waals surface area contributed by atoms with E-state index in [1.807, 2.05) is 4.90 Å². The normalized spacial score (nSPS) is 24.6. The topological polar surface area (TPSA) is 39.3 Å². The fourth-order valence-corrected chi connectivity index (χ4v) is 5.60. The van der Waals surface area contributed by atoms with Crippen LogP contribution in [0.25, 0.3) is 16.5 Å². The summed E-state index contributed by atoms with van der Waals surface area (Å²) in [5.41, 5.74) is 5.02. The van der Waals surface area contributed by atoms with Crippen LogP contribution in [0.1, 0.15) is 38.8 Å². The fraction of sp³-hybridized carbons (Fsp3) is 0.500. The van der Waals surface area contributed by atoms with Crippen molar-refractivity contribution >= 4 is 38.3 Å². The Kier molecular flexibility index (Phi) is 4.71. The van der Waals surface area contributed by atoms with Gasteiger partial charge in [-0.25, -0.2) is 0 Å². The van der Waals surface area contributed by atoms with Crippen LogP contribution in [0.2, 0.25) is 0 Å². The molecule has 5 heteroatoms. The maximum Gasteiger partial charge on any atom is 0.230 e. The molecule has 1 aliphatic heterocycles. The van der Waals surface area contributed by atoms with Gasteiger partial charge in [0.2, 0.25) is 5.91 Å². The average molecular weight is 430 g/mol. The molecule has 1 aromatic carbocycles. The van der Waals surface area contributed by atoms with E-state index in [-0.39, 0.29) is 17.4 Å². The third kappa shape index (κ3) is 2.70. The number of carbonyl (C=O) groups excluding carboxylic acids is 1. The zero-order valence-electron chi connectivity index (χ0n) is 16.6. The minimum Gasteiger partial charge on any atom is -0.349 e. The number of aromatic amines is 1. The second-order valence-electron chi connectivity index (χ2n) is 7.83. The second kappa shape index (κ2) is 6.78. The van der Waals surface area contributed by atoms with E-state index in [0.717, 1.165) is 42.7 Å². The second-order valence-corrected chi connectivity index (χ2v) is 8.63. The first-order valence-corrected chi connectivity index (χ1v) is 10.8. The van der Waals surface area contributed by atoms with Crippen molar-refractivity contribution in [1.29, 1.82) is 0 Å². The van der Waals surface area contributed by atoms with Crippen molar-refractivity contribution in [3.05, 3.63) is 40.0 Å². The number of hydrogen-bond donors (Lipinski definition) is 1. The van der Waals surface area contributed by atoms with E-state index in [9.17, 15) is 4.79 Å². The quantitative estimate of drug-likeness (QED) is 0.779. The number of aromatic nitrogens is 1. The highest BCUT2D eigenvalue weighted by molar-refractivity contribution is 9.10. The first-order chi connectivity index (χ1) is 12.9. The highest BCUT2D eigenvalue weighted by Gasteiger charge is 2.46. The molecule has 0 radical (unpaired) electrons. The first-order valence-electron chi connectivity index (χ1n) is 10.00. The molecule has 1 aromatic heterocycles. The Labute approximate surface area is 169 Å². The molecule has 2 aromatic rings. The van der Waals surface area contributed by atoms with E-state index in [2.05, 4.69) is 77.8 Å². The van der Waals surface area contributed by atoms with Crippen LogP contribution in [0, 0.1) is 5.92 Å². The number of benzene rings is 1. The molecule has 0 saturated carbocycles. The molecule has 2 heterocycles. The average Bonchev–Trinajstić information content (AvgIpc) is 2.98. The van der Waals surface area contributed by atoms with Gasteiger partial charge in [0.1, 0.15) is 0 Å². The molecule has 0 bridgehead atoms. The Hall–Kier alpha value is -1.59. The van der Waals surface area contributed by atoms with E-state index in [0.29, 0.717) is 0 Å². The third-order valence-electron chi connectivity index (χ3n) is 6.52. The molecule has 0 spiro atoms. The molecule has 1 amide bonds. The van der Waals surface area contributed by atoms with Crippen molar-refractivity contribution in [3.8, 4) is 0 Å². The minimum atomic E-state index is -0.0826. The van der Waals surface area contributed by atoms with Crippen molar-refractivity contribution in [2.24, 2.45) is 5.92 Å². The lowest BCUT2D eigenvalue weighted by molar-refractivity contribution is -0.134. The number of rotatable bonds is 4. The molecule has 0 saturated heterocycles. The molecular weight excluding hydrogens is 402 g/mol. The summed E-state index contributed by atoms with van der Waals surface area (Å²) in [6.45, 7) is 11.9. The molecule has 0 unspecified atom stereocenters. The van der Waals surface area contributed by atoms with Gasteiger partial charge in [-0.15, -0.1) is 0 Å². The zero-order valence-corrected chi connectivity index (χ0v) is 18.2. The van der Waals surface area contributed by atoms with Gasteiger partial charge in [-0.2, -0.15) is 0 Å². The smallest absolute Gasteiger partial charge is 0.230 e. The summed E-state index contributed by atoms with van der Waals surface area (Å²) in [7, 11) is 0. The Balaban J connectivity index is 1.90. The van der Waals surface area contributed by atoms with Crippen molar-refractivity contribution in [3.63, 3.8) is 0 Å². The summed E-state index contributed by atoms with van der Waals surface area (Å²) < 4.78 is 1.09. The number of nitrogens with one attached hydrogen (secondary N) is 1. The highest BCUT2D eigenvalue weighted by Crippen LogP contribution is 2.49. The molecule has 27 heavy (non-hydrogen) atoms. The maximum absolute atomic E-state index is 13.1. The number of likely N-dealkylation sites (N-methyl/N-ethyl adjacent to an activating group) is 1. The number of halogens is 1. The van der Waals surface area contributed by atoms with Gasteiger partial charge in [0.05, 0.1) is 10.5 Å². The number of H-pyrrole nitrogens is 1. The highest BCUT2D eigenvalue weighted by atomic mass is 79.9. The summed E-state index contributed by atoms with van der Waals surface area (Å²) in [6, 6.07) is 6.46. The van der Waals surface area contributed by atoms with Gasteiger partial charge in [-0.3, -0.25) is 9.69 Å². The van der Waals surface area contributed by atoms with Gasteiger partial charge in [0.15, 0.2) is 0 Å². The van der Waals surface area contributed by atoms with Crippen LogP contribution in [0.4, 0.5) is 0 Å². The van der Waals surface area contributed by atoms with Crippen molar-refractivity contribution in [1.82, 2.24) is 14.8 Å². The van der Waals surface area contributed by atoms with E-state index >= 15 is 0 Å². The molecule has 2 aliphatic rings. The summed E-state index contributed by atoms with van der Waals surface area (Å²) in [4.78, 5) is 21.1. The van der Waals surface area contributed by atoms with E-state index in [1.54, 1.807) is 0 Å². The van der Waals surface area contributed by atoms with Crippen LogP contribution in [0.15, 0.2) is 28.9 Å². The molecule has 4 rings (SSSR count). The SMILES string of the molecule is CCN(CC)C(=O)[C@@H]1C=C2c3cccc4[nH]c(Br)c(c34)C[C@@]2(C)N(CC)C1. The Morgan fingerprint density at radius 2 is 2.07 bits per heavy atom. The van der Waals surface area contributed by atoms with Crippen LogP contribution in [-0.2, 0) is 11.2 Å². The number of nitrogens with zero attached hydrogens (tertiary/aromatic N) is 2. The lowest BCUT2D eigenvalue weighted by Gasteiger charge is -2.50. The molecule has 2 atom stereocenters. The van der Waals surface area contributed by atoms with Gasteiger partial charge in [-0.05, 0) is 72.4 Å². The van der Waals surface area contributed by atoms with E-state index in [4.69, 9.17) is 0 Å². The zero-order chi connectivity index (χ0) is 19.3. The summed E-state index contributed by atoms with van der Waals surface area (Å²) in [5, 5.41) is 1.31. The number of hydrogen-bond acceptors (Lipinski definition) is 2. The van der Waals surface area contributed by atoms with Gasteiger partial charge < -0.3 is 9.88 Å². The number of carbonyl (C=O) groups is 1. The Morgan fingerprint density at radius 3 is 2.74 bits per heavy atom. The van der Waals surface area contributed by atoms with Crippen LogP contribution in [0.3, 0.4) is 0 Å². The molecule has 4 nitrogen and oxygen atoms in total. The molecule has 1 N–H and O–H groups in total. The van der Waals surface area contributed by atoms with Gasteiger partial charge in [0, 0.05) is 36.1 Å². The predicted molar refractivity (Wildman–Crippen MR) is 115 cm³/mol. The third-order valence-corrected chi connectivity index (χ3v) is 7.20. The van der Waals surface area contributed by atoms with Gasteiger partial charge >= 0.3 is 0 Å². The minimum absolute atomic E-state index is 0.0767. The van der Waals surface area contributed by atoms with Crippen molar-refractivity contribution in [2.45, 2.75) is 39.7 Å². The van der Waals surface area contributed by atoms with Crippen molar-refractivity contribution in [2.75, 3.05) is 26.2 Å². The molecular formula is C22H28BrN3O. The monoisotopic (exact) mass is 429 g/mol. The number of amides is 1. The summed E-state index contributed by atoms with van der Waals surface area (Å²) in [5.74, 6) is 0.174. The van der Waals surface area contributed by atoms with Gasteiger partial charge in [0.25, 0.3) is 0 Å². The largest absolute Gasteiger partial charge is 0.349 e. The summed E-state index contributed by atoms with van der Waals surface area (Å²) in [6.07, 6.45) is 3.22. The molecule has 144 valence electrons. The summed E-state index contributed by atoms with van der Waals surface area (Å²) >= 11 is 3.74. The van der Waals surface area contributed by atoms with Crippen LogP contribution < -0.4 is 0 Å². The predicted octanol–water partition coefficient (Wildman–Crippen LogP) is 4.45. The van der Waals surface area contributed by atoms with Crippen LogP contribution >= 0.6 is 15.9 Å². The lowest BCUT2D eigenvalue weighted by Crippen LogP contribution is -2.56. The molecule has 0 fully saturated rings.